The molecule has 0 aromatic heterocycles. The van der Waals surface area contributed by atoms with Crippen LogP contribution in [0.3, 0.4) is 0 Å². The summed E-state index contributed by atoms with van der Waals surface area (Å²) in [6.45, 7) is 1.79. The van der Waals surface area contributed by atoms with E-state index in [0.29, 0.717) is 11.9 Å². The molecule has 4 heteroatoms. The van der Waals surface area contributed by atoms with E-state index in [1.165, 1.54) is 0 Å². The normalized spacial score (nSPS) is 9.64. The maximum atomic E-state index is 9.09. The third-order valence-electron chi connectivity index (χ3n) is 2.06. The molecule has 0 spiro atoms. The van der Waals surface area contributed by atoms with Crippen LogP contribution in [0.5, 0.6) is 0 Å². The average molecular weight is 206 g/mol. The fourth-order valence-corrected chi connectivity index (χ4v) is 1.56. The van der Waals surface area contributed by atoms with Crippen LogP contribution in [0.25, 0.3) is 0 Å². The Hall–Kier alpha value is -0.885. The fourth-order valence-electron chi connectivity index (χ4n) is 1.27. The molecule has 0 heterocycles. The van der Waals surface area contributed by atoms with Crippen LogP contribution in [-0.4, -0.2) is 17.2 Å². The molecule has 0 bridgehead atoms. The summed E-state index contributed by atoms with van der Waals surface area (Å²) in [5.74, 6) is 2.50. The Kier molecular flexibility index (Phi) is 3.65. The van der Waals surface area contributed by atoms with Gasteiger partial charge in [0.1, 0.15) is 0 Å². The van der Waals surface area contributed by atoms with Crippen LogP contribution in [0.2, 0.25) is 0 Å². The fraction of sp³-hybridized carbons (Fsp3) is 0.200. The van der Waals surface area contributed by atoms with Gasteiger partial charge < -0.3 is 10.0 Å². The average Bonchev–Trinajstić information content (AvgIpc) is 2.11. The molecule has 0 aliphatic rings. The van der Waals surface area contributed by atoms with Gasteiger partial charge in [-0.15, -0.1) is 25.0 Å². The number of benzene rings is 1. The molecule has 0 radical (unpaired) electrons. The monoisotopic (exact) mass is 206 g/mol. The van der Waals surface area contributed by atoms with E-state index in [1.807, 2.05) is 6.07 Å². The van der Waals surface area contributed by atoms with Gasteiger partial charge in [-0.1, -0.05) is 6.07 Å². The smallest absolute Gasteiger partial charge is 0.423 e. The molecule has 2 nitrogen and oxygen atoms in total. The number of rotatable bonds is 2. The minimum atomic E-state index is -1.47. The zero-order valence-electron chi connectivity index (χ0n) is 7.86. The molecule has 0 aliphatic carbocycles. The third-order valence-corrected chi connectivity index (χ3v) is 2.53. The van der Waals surface area contributed by atoms with E-state index in [1.54, 1.807) is 13.0 Å². The lowest BCUT2D eigenvalue weighted by molar-refractivity contribution is 0.425. The summed E-state index contributed by atoms with van der Waals surface area (Å²) in [7, 11) is -1.47. The molecule has 0 atom stereocenters. The predicted octanol–water partition coefficient (Wildman–Crippen LogP) is 0.139. The summed E-state index contributed by atoms with van der Waals surface area (Å²) < 4.78 is 0. The Bertz CT molecular complexity index is 382. The largest absolute Gasteiger partial charge is 0.488 e. The number of hydrogen-bond acceptors (Lipinski definition) is 3. The molecule has 1 aromatic rings. The topological polar surface area (TPSA) is 40.5 Å². The molecular formula is C10H11BO2S. The first-order chi connectivity index (χ1) is 6.56. The van der Waals surface area contributed by atoms with Crippen molar-refractivity contribution in [2.75, 3.05) is 0 Å². The zero-order valence-corrected chi connectivity index (χ0v) is 8.75. The summed E-state index contributed by atoms with van der Waals surface area (Å²) in [5.41, 5.74) is 2.10. The second-order valence-corrected chi connectivity index (χ2v) is 3.57. The summed E-state index contributed by atoms with van der Waals surface area (Å²) in [6.07, 6.45) is 5.64. The van der Waals surface area contributed by atoms with Crippen molar-refractivity contribution in [3.63, 3.8) is 0 Å². The van der Waals surface area contributed by atoms with Gasteiger partial charge in [0.05, 0.1) is 0 Å². The van der Waals surface area contributed by atoms with E-state index in [2.05, 4.69) is 18.5 Å². The van der Waals surface area contributed by atoms with Crippen LogP contribution < -0.4 is 5.46 Å². The van der Waals surface area contributed by atoms with Crippen molar-refractivity contribution < 1.29 is 10.0 Å². The molecule has 2 N–H and O–H groups in total. The molecule has 0 fully saturated rings. The highest BCUT2D eigenvalue weighted by Crippen LogP contribution is 2.14. The summed E-state index contributed by atoms with van der Waals surface area (Å²) in [5, 5.41) is 18.2. The van der Waals surface area contributed by atoms with Gasteiger partial charge in [0.25, 0.3) is 0 Å². The Morgan fingerprint density at radius 2 is 2.14 bits per heavy atom. The van der Waals surface area contributed by atoms with E-state index >= 15 is 0 Å². The van der Waals surface area contributed by atoms with Crippen molar-refractivity contribution in [3.8, 4) is 12.3 Å². The second-order valence-electron chi connectivity index (χ2n) is 3.08. The van der Waals surface area contributed by atoms with E-state index in [4.69, 9.17) is 16.5 Å². The highest BCUT2D eigenvalue weighted by Gasteiger charge is 2.16. The molecule has 0 unspecified atom stereocenters. The number of thiol groups is 1. The molecule has 72 valence electrons. The Balaban J connectivity index is 3.22. The molecule has 0 aliphatic heterocycles. The SMILES string of the molecule is C#CCc1cc(S)c(C)c(B(O)O)c1. The first kappa shape index (κ1) is 11.2. The van der Waals surface area contributed by atoms with Crippen molar-refractivity contribution in [2.24, 2.45) is 0 Å². The van der Waals surface area contributed by atoms with Gasteiger partial charge in [0, 0.05) is 11.3 Å². The van der Waals surface area contributed by atoms with Gasteiger partial charge in [-0.25, -0.2) is 0 Å². The van der Waals surface area contributed by atoms with Gasteiger partial charge in [0.15, 0.2) is 0 Å². The first-order valence-corrected chi connectivity index (χ1v) is 4.63. The molecular weight excluding hydrogens is 195 g/mol. The van der Waals surface area contributed by atoms with Crippen molar-refractivity contribution >= 4 is 25.2 Å². The summed E-state index contributed by atoms with van der Waals surface area (Å²) in [4.78, 5) is 0.723. The lowest BCUT2D eigenvalue weighted by atomic mass is 9.76. The molecule has 0 saturated heterocycles. The van der Waals surface area contributed by atoms with Crippen molar-refractivity contribution in [1.29, 1.82) is 0 Å². The van der Waals surface area contributed by atoms with Gasteiger partial charge in [-0.3, -0.25) is 0 Å². The van der Waals surface area contributed by atoms with Crippen LogP contribution >= 0.6 is 12.6 Å². The number of hydrogen-bond donors (Lipinski definition) is 3. The van der Waals surface area contributed by atoms with Gasteiger partial charge in [-0.05, 0) is 29.6 Å². The minimum absolute atomic E-state index is 0.461. The summed E-state index contributed by atoms with van der Waals surface area (Å²) in [6, 6.07) is 3.53. The van der Waals surface area contributed by atoms with E-state index < -0.39 is 7.12 Å². The van der Waals surface area contributed by atoms with E-state index in [0.717, 1.165) is 16.0 Å². The van der Waals surface area contributed by atoms with Crippen LogP contribution in [-0.2, 0) is 6.42 Å². The van der Waals surface area contributed by atoms with Crippen LogP contribution in [0.4, 0.5) is 0 Å². The highest BCUT2D eigenvalue weighted by molar-refractivity contribution is 7.80. The number of terminal acetylenes is 1. The quantitative estimate of drug-likeness (QED) is 0.366. The lowest BCUT2D eigenvalue weighted by Crippen LogP contribution is -2.32. The molecule has 1 aromatic carbocycles. The molecule has 14 heavy (non-hydrogen) atoms. The van der Waals surface area contributed by atoms with E-state index in [9.17, 15) is 0 Å². The maximum absolute atomic E-state index is 9.09. The molecule has 0 saturated carbocycles. The van der Waals surface area contributed by atoms with Gasteiger partial charge >= 0.3 is 7.12 Å². The third kappa shape index (κ3) is 2.33. The van der Waals surface area contributed by atoms with Crippen LogP contribution in [0.15, 0.2) is 17.0 Å². The standard InChI is InChI=1S/C10H11BO2S/c1-3-4-8-5-9(11(12)13)7(2)10(14)6-8/h1,5-6,12-14H,4H2,2H3. The lowest BCUT2D eigenvalue weighted by Gasteiger charge is -2.09. The van der Waals surface area contributed by atoms with E-state index in [-0.39, 0.29) is 0 Å². The van der Waals surface area contributed by atoms with Crippen molar-refractivity contribution in [3.05, 3.63) is 23.3 Å². The Morgan fingerprint density at radius 3 is 2.64 bits per heavy atom. The Labute approximate surface area is 89.5 Å². The van der Waals surface area contributed by atoms with Gasteiger partial charge in [-0.2, -0.15) is 0 Å². The Morgan fingerprint density at radius 1 is 1.50 bits per heavy atom. The minimum Gasteiger partial charge on any atom is -0.423 e. The predicted molar refractivity (Wildman–Crippen MR) is 60.8 cm³/mol. The van der Waals surface area contributed by atoms with Crippen LogP contribution in [0, 0.1) is 19.3 Å². The van der Waals surface area contributed by atoms with Gasteiger partial charge in [0.2, 0.25) is 0 Å². The second kappa shape index (κ2) is 4.56. The first-order valence-electron chi connectivity index (χ1n) is 4.18. The molecule has 1 rings (SSSR count). The maximum Gasteiger partial charge on any atom is 0.488 e. The van der Waals surface area contributed by atoms with Crippen molar-refractivity contribution in [2.45, 2.75) is 18.2 Å². The summed E-state index contributed by atoms with van der Waals surface area (Å²) >= 11 is 4.23. The zero-order chi connectivity index (χ0) is 10.7. The highest BCUT2D eigenvalue weighted by atomic mass is 32.1. The molecule has 0 amide bonds. The van der Waals surface area contributed by atoms with Crippen LogP contribution in [0.1, 0.15) is 11.1 Å². The van der Waals surface area contributed by atoms with Crippen molar-refractivity contribution in [1.82, 2.24) is 0 Å².